The molecule has 1 amide bonds. The molecule has 2 heterocycles. The Morgan fingerprint density at radius 3 is 2.83 bits per heavy atom. The maximum absolute atomic E-state index is 14.1. The molecule has 1 aromatic heterocycles. The fraction of sp³-hybridized carbons (Fsp3) is 0.375. The number of aryl methyl sites for hydroxylation is 2. The number of carbonyl (C=O) groups excluding carboxylic acids is 1. The minimum atomic E-state index is -0.838. The highest BCUT2D eigenvalue weighted by Gasteiger charge is 2.32. The maximum atomic E-state index is 14.1. The van der Waals surface area contributed by atoms with Crippen molar-refractivity contribution in [2.24, 2.45) is 7.05 Å². The molecular weight excluding hydrogens is 302 g/mol. The number of amides is 1. The predicted molar refractivity (Wildman–Crippen MR) is 81.0 cm³/mol. The first-order valence-corrected chi connectivity index (χ1v) is 7.43. The van der Waals surface area contributed by atoms with Crippen LogP contribution in [0.25, 0.3) is 0 Å². The van der Waals surface area contributed by atoms with E-state index >= 15 is 0 Å². The van der Waals surface area contributed by atoms with Crippen molar-refractivity contribution in [2.45, 2.75) is 13.0 Å². The van der Waals surface area contributed by atoms with Gasteiger partial charge in [-0.1, -0.05) is 0 Å². The second-order valence-electron chi connectivity index (χ2n) is 5.70. The summed E-state index contributed by atoms with van der Waals surface area (Å²) in [4.78, 5) is 18.7. The highest BCUT2D eigenvalue weighted by molar-refractivity contribution is 5.95. The first-order chi connectivity index (χ1) is 11.0. The molecular formula is C16H18F2N4O. The molecule has 1 atom stereocenters. The van der Waals surface area contributed by atoms with Gasteiger partial charge < -0.3 is 14.8 Å². The normalized spacial score (nSPS) is 18.3. The van der Waals surface area contributed by atoms with Gasteiger partial charge in [0.05, 0.1) is 5.56 Å². The Labute approximate surface area is 132 Å². The first-order valence-electron chi connectivity index (χ1n) is 7.43. The fourth-order valence-corrected chi connectivity index (χ4v) is 2.85. The second-order valence-corrected chi connectivity index (χ2v) is 5.70. The SMILES string of the molecule is Cc1cc(C(=O)N2CCNCC2c2nccn2C)c(F)cc1F. The molecule has 122 valence electrons. The number of aromatic nitrogens is 2. The number of imidazole rings is 1. The molecule has 23 heavy (non-hydrogen) atoms. The molecule has 1 aromatic carbocycles. The number of nitrogens with one attached hydrogen (secondary N) is 1. The number of hydrogen-bond donors (Lipinski definition) is 1. The molecule has 0 saturated carbocycles. The Bertz CT molecular complexity index is 744. The van der Waals surface area contributed by atoms with E-state index < -0.39 is 17.5 Å². The van der Waals surface area contributed by atoms with Crippen LogP contribution in [0.15, 0.2) is 24.5 Å². The van der Waals surface area contributed by atoms with Gasteiger partial charge in [-0.3, -0.25) is 4.79 Å². The van der Waals surface area contributed by atoms with Gasteiger partial charge in [-0.2, -0.15) is 0 Å². The Hall–Kier alpha value is -2.28. The highest BCUT2D eigenvalue weighted by Crippen LogP contribution is 2.24. The van der Waals surface area contributed by atoms with Crippen molar-refractivity contribution in [2.75, 3.05) is 19.6 Å². The van der Waals surface area contributed by atoms with Crippen LogP contribution < -0.4 is 5.32 Å². The van der Waals surface area contributed by atoms with Gasteiger partial charge >= 0.3 is 0 Å². The summed E-state index contributed by atoms with van der Waals surface area (Å²) in [7, 11) is 1.85. The number of piperazine rings is 1. The van der Waals surface area contributed by atoms with E-state index in [0.717, 1.165) is 11.9 Å². The molecule has 1 saturated heterocycles. The summed E-state index contributed by atoms with van der Waals surface area (Å²) in [5.74, 6) is -1.21. The number of halogens is 2. The van der Waals surface area contributed by atoms with E-state index in [1.54, 1.807) is 17.3 Å². The monoisotopic (exact) mass is 320 g/mol. The van der Waals surface area contributed by atoms with Crippen LogP contribution in [0.4, 0.5) is 8.78 Å². The summed E-state index contributed by atoms with van der Waals surface area (Å²) in [6, 6.07) is 1.74. The van der Waals surface area contributed by atoms with Crippen LogP contribution in [0.5, 0.6) is 0 Å². The van der Waals surface area contributed by atoms with Crippen molar-refractivity contribution >= 4 is 5.91 Å². The lowest BCUT2D eigenvalue weighted by molar-refractivity contribution is 0.0616. The van der Waals surface area contributed by atoms with Gasteiger partial charge in [-0.15, -0.1) is 0 Å². The van der Waals surface area contributed by atoms with E-state index in [-0.39, 0.29) is 17.2 Å². The van der Waals surface area contributed by atoms with Gasteiger partial charge in [0.25, 0.3) is 5.91 Å². The van der Waals surface area contributed by atoms with Crippen molar-refractivity contribution in [1.82, 2.24) is 19.8 Å². The molecule has 5 nitrogen and oxygen atoms in total. The summed E-state index contributed by atoms with van der Waals surface area (Å²) < 4.78 is 29.3. The summed E-state index contributed by atoms with van der Waals surface area (Å²) in [6.45, 7) is 3.11. The van der Waals surface area contributed by atoms with Crippen LogP contribution >= 0.6 is 0 Å². The highest BCUT2D eigenvalue weighted by atomic mass is 19.1. The maximum Gasteiger partial charge on any atom is 0.257 e. The lowest BCUT2D eigenvalue weighted by Gasteiger charge is -2.36. The van der Waals surface area contributed by atoms with Crippen molar-refractivity contribution in [1.29, 1.82) is 0 Å². The van der Waals surface area contributed by atoms with Crippen LogP contribution in [0.1, 0.15) is 27.8 Å². The smallest absolute Gasteiger partial charge is 0.257 e. The van der Waals surface area contributed by atoms with Crippen molar-refractivity contribution < 1.29 is 13.6 Å². The first kappa shape index (κ1) is 15.6. The largest absolute Gasteiger partial charge is 0.336 e. The zero-order chi connectivity index (χ0) is 16.6. The molecule has 0 radical (unpaired) electrons. The summed E-state index contributed by atoms with van der Waals surface area (Å²) in [5, 5.41) is 3.22. The van der Waals surface area contributed by atoms with E-state index in [1.807, 2.05) is 11.6 Å². The van der Waals surface area contributed by atoms with Crippen LogP contribution in [0.3, 0.4) is 0 Å². The van der Waals surface area contributed by atoms with Crippen molar-refractivity contribution in [3.63, 3.8) is 0 Å². The lowest BCUT2D eigenvalue weighted by atomic mass is 10.1. The number of hydrogen-bond acceptors (Lipinski definition) is 3. The average molecular weight is 320 g/mol. The lowest BCUT2D eigenvalue weighted by Crippen LogP contribution is -2.49. The van der Waals surface area contributed by atoms with Crippen molar-refractivity contribution in [3.8, 4) is 0 Å². The Morgan fingerprint density at radius 1 is 1.35 bits per heavy atom. The molecule has 2 aromatic rings. The van der Waals surface area contributed by atoms with Crippen molar-refractivity contribution in [3.05, 3.63) is 53.1 Å². The van der Waals surface area contributed by atoms with Gasteiger partial charge in [0.1, 0.15) is 23.5 Å². The van der Waals surface area contributed by atoms with Gasteiger partial charge in [0.15, 0.2) is 0 Å². The zero-order valence-electron chi connectivity index (χ0n) is 13.0. The van der Waals surface area contributed by atoms with Crippen LogP contribution in [-0.4, -0.2) is 40.0 Å². The minimum absolute atomic E-state index is 0.106. The minimum Gasteiger partial charge on any atom is -0.336 e. The van der Waals surface area contributed by atoms with E-state index in [1.165, 1.54) is 13.0 Å². The number of carbonyl (C=O) groups is 1. The van der Waals surface area contributed by atoms with Crippen LogP contribution in [0.2, 0.25) is 0 Å². The molecule has 0 aliphatic carbocycles. The third-order valence-corrected chi connectivity index (χ3v) is 4.14. The Balaban J connectivity index is 1.96. The molecule has 1 fully saturated rings. The average Bonchev–Trinajstić information content (AvgIpc) is 2.96. The topological polar surface area (TPSA) is 50.2 Å². The standard InChI is InChI=1S/C16H18F2N4O/c1-10-7-11(13(18)8-12(10)17)16(23)22-6-3-19-9-14(22)15-20-4-5-21(15)2/h4-5,7-8,14,19H,3,6,9H2,1-2H3. The predicted octanol–water partition coefficient (Wildman–Crippen LogP) is 1.79. The quantitative estimate of drug-likeness (QED) is 0.918. The number of rotatable bonds is 2. The Kier molecular flexibility index (Phi) is 4.12. The van der Waals surface area contributed by atoms with E-state index in [9.17, 15) is 13.6 Å². The molecule has 1 aliphatic heterocycles. The molecule has 7 heteroatoms. The molecule has 1 N–H and O–H groups in total. The van der Waals surface area contributed by atoms with E-state index in [0.29, 0.717) is 19.6 Å². The molecule has 0 spiro atoms. The molecule has 0 bridgehead atoms. The zero-order valence-corrected chi connectivity index (χ0v) is 13.0. The Morgan fingerprint density at radius 2 is 2.13 bits per heavy atom. The van der Waals surface area contributed by atoms with E-state index in [4.69, 9.17) is 0 Å². The van der Waals surface area contributed by atoms with Gasteiger partial charge in [-0.25, -0.2) is 13.8 Å². The second kappa shape index (κ2) is 6.08. The summed E-state index contributed by atoms with van der Waals surface area (Å²) in [5.41, 5.74) is 0.142. The fourth-order valence-electron chi connectivity index (χ4n) is 2.85. The number of nitrogens with zero attached hydrogens (tertiary/aromatic N) is 3. The van der Waals surface area contributed by atoms with Gasteiger partial charge in [0, 0.05) is 45.1 Å². The van der Waals surface area contributed by atoms with Crippen LogP contribution in [0, 0.1) is 18.6 Å². The third-order valence-electron chi connectivity index (χ3n) is 4.14. The molecule has 3 rings (SSSR count). The molecule has 1 aliphatic rings. The van der Waals surface area contributed by atoms with Crippen LogP contribution in [-0.2, 0) is 7.05 Å². The molecule has 1 unspecified atom stereocenters. The van der Waals surface area contributed by atoms with Gasteiger partial charge in [0.2, 0.25) is 0 Å². The third kappa shape index (κ3) is 2.84. The van der Waals surface area contributed by atoms with E-state index in [2.05, 4.69) is 10.3 Å². The number of benzene rings is 1. The summed E-state index contributed by atoms with van der Waals surface area (Å²) in [6.07, 6.45) is 3.46. The van der Waals surface area contributed by atoms with Gasteiger partial charge in [-0.05, 0) is 18.6 Å². The summed E-state index contributed by atoms with van der Waals surface area (Å²) >= 11 is 0.